The second-order valence-corrected chi connectivity index (χ2v) is 5.22. The van der Waals surface area contributed by atoms with Gasteiger partial charge in [-0.25, -0.2) is 31.3 Å². The van der Waals surface area contributed by atoms with Crippen molar-refractivity contribution < 1.29 is 26.3 Å². The number of aromatic nitrogens is 2. The molecule has 4 N–H and O–H groups in total. The van der Waals surface area contributed by atoms with Crippen molar-refractivity contribution >= 4 is 18.0 Å². The molecule has 0 amide bonds. The summed E-state index contributed by atoms with van der Waals surface area (Å²) in [6, 6.07) is 0.973. The molecule has 0 radical (unpaired) electrons. The zero-order valence-corrected chi connectivity index (χ0v) is 14.1. The molecule has 0 atom stereocenters. The fourth-order valence-corrected chi connectivity index (χ4v) is 1.94. The van der Waals surface area contributed by atoms with Crippen LogP contribution in [0.1, 0.15) is 5.56 Å². The van der Waals surface area contributed by atoms with Gasteiger partial charge in [0.1, 0.15) is 17.5 Å². The second-order valence-electron chi connectivity index (χ2n) is 5.22. The van der Waals surface area contributed by atoms with E-state index in [9.17, 15) is 26.3 Å². The summed E-state index contributed by atoms with van der Waals surface area (Å²) in [6.45, 7) is -1.27. The van der Waals surface area contributed by atoms with Crippen molar-refractivity contribution in [3.05, 3.63) is 59.1 Å². The molecule has 0 saturated carbocycles. The molecule has 12 heteroatoms. The Balaban J connectivity index is 2.12. The first-order valence-corrected chi connectivity index (χ1v) is 7.67. The van der Waals surface area contributed by atoms with Crippen LogP contribution in [0.4, 0.5) is 38.1 Å². The average Bonchev–Trinajstić information content (AvgIpc) is 2.62. The molecular weight excluding hydrogens is 390 g/mol. The van der Waals surface area contributed by atoms with Crippen LogP contribution in [0.3, 0.4) is 0 Å². The lowest BCUT2D eigenvalue weighted by atomic mass is 10.2. The predicted molar refractivity (Wildman–Crippen MR) is 90.9 cm³/mol. The smallest absolute Gasteiger partial charge is 0.257 e. The predicted octanol–water partition coefficient (Wildman–Crippen LogP) is 3.19. The summed E-state index contributed by atoms with van der Waals surface area (Å²) in [7, 11) is 0. The number of nitrogens with two attached hydrogens (primary N) is 1. The molecule has 0 fully saturated rings. The minimum atomic E-state index is -2.64. The second kappa shape index (κ2) is 9.58. The van der Waals surface area contributed by atoms with Gasteiger partial charge in [-0.2, -0.15) is 4.98 Å². The normalized spacial score (nSPS) is 12.0. The Morgan fingerprint density at radius 3 is 2.43 bits per heavy atom. The molecule has 0 spiro atoms. The lowest BCUT2D eigenvalue weighted by Crippen LogP contribution is -2.12. The van der Waals surface area contributed by atoms with Crippen molar-refractivity contribution in [2.75, 3.05) is 17.2 Å². The van der Waals surface area contributed by atoms with E-state index in [0.29, 0.717) is 12.1 Å². The van der Waals surface area contributed by atoms with Crippen LogP contribution in [0.15, 0.2) is 35.2 Å². The summed E-state index contributed by atoms with van der Waals surface area (Å²) < 4.78 is 78.2. The Morgan fingerprint density at radius 1 is 1.14 bits per heavy atom. The molecule has 0 unspecified atom stereocenters. The molecule has 2 rings (SSSR count). The SMILES string of the molecule is N/C=C(\C=NCC(F)F)Nc1ncc(F)c(NCc2c(F)cc(F)cc2F)n1. The zero-order chi connectivity index (χ0) is 20.7. The van der Waals surface area contributed by atoms with Crippen LogP contribution in [-0.2, 0) is 6.54 Å². The van der Waals surface area contributed by atoms with Gasteiger partial charge in [0, 0.05) is 36.7 Å². The third-order valence-electron chi connectivity index (χ3n) is 3.19. The summed E-state index contributed by atoms with van der Waals surface area (Å²) in [5.74, 6) is -4.93. The first-order chi connectivity index (χ1) is 13.3. The van der Waals surface area contributed by atoms with Gasteiger partial charge < -0.3 is 16.4 Å². The maximum absolute atomic E-state index is 13.8. The van der Waals surface area contributed by atoms with Gasteiger partial charge in [-0.1, -0.05) is 0 Å². The summed E-state index contributed by atoms with van der Waals surface area (Å²) in [6.07, 6.45) is 0.132. The van der Waals surface area contributed by atoms with E-state index < -0.39 is 54.2 Å². The van der Waals surface area contributed by atoms with Crippen molar-refractivity contribution in [3.8, 4) is 0 Å². The van der Waals surface area contributed by atoms with Crippen LogP contribution in [0, 0.1) is 23.3 Å². The Labute approximate surface area is 155 Å². The van der Waals surface area contributed by atoms with Crippen LogP contribution in [-0.4, -0.2) is 29.2 Å². The van der Waals surface area contributed by atoms with Crippen molar-refractivity contribution in [1.29, 1.82) is 0 Å². The maximum atomic E-state index is 13.8. The number of alkyl halides is 2. The number of allylic oxidation sites excluding steroid dienone is 1. The lowest BCUT2D eigenvalue weighted by molar-refractivity contribution is 0.159. The molecule has 0 saturated heterocycles. The fourth-order valence-electron chi connectivity index (χ4n) is 1.94. The number of halogens is 6. The van der Waals surface area contributed by atoms with Gasteiger partial charge in [0.15, 0.2) is 11.6 Å². The zero-order valence-electron chi connectivity index (χ0n) is 14.1. The van der Waals surface area contributed by atoms with Crippen LogP contribution in [0.25, 0.3) is 0 Å². The van der Waals surface area contributed by atoms with Crippen LogP contribution < -0.4 is 16.4 Å². The van der Waals surface area contributed by atoms with Gasteiger partial charge in [-0.3, -0.25) is 4.99 Å². The summed E-state index contributed by atoms with van der Waals surface area (Å²) in [5.41, 5.74) is 4.85. The molecule has 6 nitrogen and oxygen atoms in total. The standard InChI is InChI=1S/C16H14F6N6/c17-8-1-11(18)10(12(19)2-8)5-25-15-13(20)6-26-16(28-15)27-9(3-23)4-24-7-14(21)22/h1-4,6,14H,5,7,23H2,(H2,25,26,27,28)/b9-3+,24-4?. The highest BCUT2D eigenvalue weighted by atomic mass is 19.3. The highest BCUT2D eigenvalue weighted by Crippen LogP contribution is 2.18. The Kier molecular flexibility index (Phi) is 7.18. The quantitative estimate of drug-likeness (QED) is 0.465. The molecule has 0 aliphatic heterocycles. The van der Waals surface area contributed by atoms with Crippen molar-refractivity contribution in [2.45, 2.75) is 13.0 Å². The van der Waals surface area contributed by atoms with Gasteiger partial charge in [0.2, 0.25) is 5.95 Å². The van der Waals surface area contributed by atoms with E-state index in [-0.39, 0.29) is 11.6 Å². The monoisotopic (exact) mass is 404 g/mol. The largest absolute Gasteiger partial charge is 0.403 e. The molecule has 0 aliphatic carbocycles. The number of rotatable bonds is 8. The first-order valence-electron chi connectivity index (χ1n) is 7.67. The van der Waals surface area contributed by atoms with Gasteiger partial charge in [0.25, 0.3) is 6.43 Å². The first kappa shape index (κ1) is 21.0. The molecule has 0 aliphatic rings. The average molecular weight is 404 g/mol. The molecule has 2 aromatic rings. The van der Waals surface area contributed by atoms with Gasteiger partial charge in [0.05, 0.1) is 18.4 Å². The van der Waals surface area contributed by atoms with E-state index in [1.54, 1.807) is 0 Å². The van der Waals surface area contributed by atoms with Gasteiger partial charge >= 0.3 is 0 Å². The molecule has 1 heterocycles. The van der Waals surface area contributed by atoms with E-state index in [4.69, 9.17) is 5.73 Å². The lowest BCUT2D eigenvalue weighted by Gasteiger charge is -2.11. The molecule has 1 aromatic carbocycles. The van der Waals surface area contributed by atoms with Crippen LogP contribution >= 0.6 is 0 Å². The molecule has 1 aromatic heterocycles. The summed E-state index contributed by atoms with van der Waals surface area (Å²) in [5, 5.41) is 4.88. The van der Waals surface area contributed by atoms with E-state index in [0.717, 1.165) is 18.6 Å². The number of nitrogens with zero attached hydrogens (tertiary/aromatic N) is 3. The number of nitrogens with one attached hydrogen (secondary N) is 2. The minimum Gasteiger partial charge on any atom is -0.403 e. The Hall–Kier alpha value is -3.31. The van der Waals surface area contributed by atoms with Crippen molar-refractivity contribution in [1.82, 2.24) is 9.97 Å². The van der Waals surface area contributed by atoms with E-state index in [1.165, 1.54) is 0 Å². The number of aliphatic imine (C=N–C) groups is 1. The molecule has 28 heavy (non-hydrogen) atoms. The number of anilines is 2. The topological polar surface area (TPSA) is 88.2 Å². The van der Waals surface area contributed by atoms with Crippen LogP contribution in [0.2, 0.25) is 0 Å². The molecule has 0 bridgehead atoms. The Bertz CT molecular complexity index is 863. The summed E-state index contributed by atoms with van der Waals surface area (Å²) >= 11 is 0. The number of benzene rings is 1. The fraction of sp³-hybridized carbons (Fsp3) is 0.188. The molecular formula is C16H14F6N6. The maximum Gasteiger partial charge on any atom is 0.257 e. The third kappa shape index (κ3) is 5.86. The van der Waals surface area contributed by atoms with E-state index in [1.807, 2.05) is 0 Å². The van der Waals surface area contributed by atoms with E-state index >= 15 is 0 Å². The molecule has 150 valence electrons. The third-order valence-corrected chi connectivity index (χ3v) is 3.19. The van der Waals surface area contributed by atoms with Crippen molar-refractivity contribution in [2.24, 2.45) is 10.7 Å². The number of hydrogen-bond donors (Lipinski definition) is 3. The number of hydrogen-bond acceptors (Lipinski definition) is 6. The van der Waals surface area contributed by atoms with E-state index in [2.05, 4.69) is 25.6 Å². The minimum absolute atomic E-state index is 0.0498. The van der Waals surface area contributed by atoms with Gasteiger partial charge in [-0.05, 0) is 0 Å². The highest BCUT2D eigenvalue weighted by molar-refractivity contribution is 5.82. The summed E-state index contributed by atoms with van der Waals surface area (Å²) in [4.78, 5) is 10.8. The highest BCUT2D eigenvalue weighted by Gasteiger charge is 2.13. The Morgan fingerprint density at radius 2 is 1.82 bits per heavy atom. The van der Waals surface area contributed by atoms with Gasteiger partial charge in [-0.15, -0.1) is 0 Å². The van der Waals surface area contributed by atoms with Crippen molar-refractivity contribution in [3.63, 3.8) is 0 Å². The van der Waals surface area contributed by atoms with Crippen LogP contribution in [0.5, 0.6) is 0 Å².